The van der Waals surface area contributed by atoms with Crippen molar-refractivity contribution in [3.05, 3.63) is 22.2 Å². The van der Waals surface area contributed by atoms with Crippen molar-refractivity contribution >= 4 is 27.8 Å². The van der Waals surface area contributed by atoms with Crippen LogP contribution in [-0.4, -0.2) is 42.3 Å². The Labute approximate surface area is 175 Å². The van der Waals surface area contributed by atoms with Gasteiger partial charge in [-0.05, 0) is 50.8 Å². The molecule has 7 nitrogen and oxygen atoms in total. The Hall–Kier alpha value is -1.80. The highest BCUT2D eigenvalue weighted by atomic mass is 79.9. The lowest BCUT2D eigenvalue weighted by Crippen LogP contribution is -2.43. The number of benzene rings is 1. The van der Waals surface area contributed by atoms with Gasteiger partial charge in [-0.25, -0.2) is 0 Å². The normalized spacial score (nSPS) is 12.6. The minimum Gasteiger partial charge on any atom is -0.493 e. The molecule has 158 valence electrons. The third-order valence-corrected chi connectivity index (χ3v) is 4.49. The van der Waals surface area contributed by atoms with Gasteiger partial charge in [-0.2, -0.15) is 0 Å². The molecule has 0 aromatic heterocycles. The van der Waals surface area contributed by atoms with Gasteiger partial charge in [-0.1, -0.05) is 29.8 Å². The first kappa shape index (κ1) is 24.2. The zero-order valence-corrected chi connectivity index (χ0v) is 19.0. The number of amides is 1. The fraction of sp³-hybridized carbons (Fsp3) is 0.600. The average molecular weight is 459 g/mol. The van der Waals surface area contributed by atoms with Crippen LogP contribution in [0.15, 0.2) is 16.6 Å². The first-order valence-electron chi connectivity index (χ1n) is 9.19. The highest BCUT2D eigenvalue weighted by Gasteiger charge is 2.20. The summed E-state index contributed by atoms with van der Waals surface area (Å²) in [5.74, 6) is 0.0658. The van der Waals surface area contributed by atoms with E-state index >= 15 is 0 Å². The van der Waals surface area contributed by atoms with Gasteiger partial charge >= 0.3 is 5.97 Å². The van der Waals surface area contributed by atoms with E-state index in [1.54, 1.807) is 12.1 Å². The largest absolute Gasteiger partial charge is 0.493 e. The smallest absolute Gasteiger partial charge is 0.320 e. The van der Waals surface area contributed by atoms with Gasteiger partial charge in [0.15, 0.2) is 18.1 Å². The van der Waals surface area contributed by atoms with Crippen LogP contribution in [-0.2, 0) is 16.1 Å². The molecule has 0 spiro atoms. The summed E-state index contributed by atoms with van der Waals surface area (Å²) in [5.41, 5.74) is 0.496. The van der Waals surface area contributed by atoms with Crippen LogP contribution in [0.3, 0.4) is 0 Å². The molecule has 1 rings (SSSR count). The maximum absolute atomic E-state index is 12.0. The maximum Gasteiger partial charge on any atom is 0.320 e. The van der Waals surface area contributed by atoms with Crippen molar-refractivity contribution in [2.24, 2.45) is 5.92 Å². The number of carboxylic acids is 1. The second kappa shape index (κ2) is 10.7. The van der Waals surface area contributed by atoms with Gasteiger partial charge < -0.3 is 25.2 Å². The fourth-order valence-corrected chi connectivity index (χ4v) is 3.02. The van der Waals surface area contributed by atoms with E-state index in [1.165, 1.54) is 7.11 Å². The number of nitrogens with one attached hydrogen (secondary N) is 2. The van der Waals surface area contributed by atoms with Crippen LogP contribution in [0.5, 0.6) is 11.5 Å². The highest BCUT2D eigenvalue weighted by Crippen LogP contribution is 2.33. The van der Waals surface area contributed by atoms with Gasteiger partial charge in [0.2, 0.25) is 0 Å². The van der Waals surface area contributed by atoms with Crippen molar-refractivity contribution in [3.8, 4) is 11.5 Å². The van der Waals surface area contributed by atoms with Crippen LogP contribution in [0.25, 0.3) is 0 Å². The molecule has 1 unspecified atom stereocenters. The molecular weight excluding hydrogens is 428 g/mol. The molecule has 28 heavy (non-hydrogen) atoms. The summed E-state index contributed by atoms with van der Waals surface area (Å²) in [6.07, 6.45) is 0.536. The molecule has 0 aliphatic carbocycles. The third kappa shape index (κ3) is 8.48. The number of ether oxygens (including phenoxy) is 2. The number of carbonyl (C=O) groups is 2. The van der Waals surface area contributed by atoms with Gasteiger partial charge in [0.05, 0.1) is 7.11 Å². The van der Waals surface area contributed by atoms with E-state index in [1.807, 2.05) is 34.6 Å². The monoisotopic (exact) mass is 458 g/mol. The van der Waals surface area contributed by atoms with Crippen molar-refractivity contribution in [1.82, 2.24) is 10.6 Å². The lowest BCUT2D eigenvalue weighted by molar-refractivity contribution is -0.140. The van der Waals surface area contributed by atoms with E-state index in [0.717, 1.165) is 10.0 Å². The summed E-state index contributed by atoms with van der Waals surface area (Å²) in [7, 11) is 1.52. The van der Waals surface area contributed by atoms with Crippen LogP contribution in [0.4, 0.5) is 0 Å². The highest BCUT2D eigenvalue weighted by molar-refractivity contribution is 9.10. The minimum absolute atomic E-state index is 0.132. The number of halogens is 1. The van der Waals surface area contributed by atoms with Crippen molar-refractivity contribution < 1.29 is 24.2 Å². The van der Waals surface area contributed by atoms with E-state index in [0.29, 0.717) is 24.5 Å². The van der Waals surface area contributed by atoms with Crippen LogP contribution >= 0.6 is 15.9 Å². The number of hydrogen-bond acceptors (Lipinski definition) is 5. The topological polar surface area (TPSA) is 96.9 Å². The number of methoxy groups -OCH3 is 1. The predicted molar refractivity (Wildman–Crippen MR) is 112 cm³/mol. The van der Waals surface area contributed by atoms with Crippen molar-refractivity contribution in [3.63, 3.8) is 0 Å². The Morgan fingerprint density at radius 2 is 1.86 bits per heavy atom. The van der Waals surface area contributed by atoms with Gasteiger partial charge in [0.25, 0.3) is 5.91 Å². The van der Waals surface area contributed by atoms with Gasteiger partial charge in [-0.3, -0.25) is 9.59 Å². The molecule has 0 aliphatic heterocycles. The number of hydrogen-bond donors (Lipinski definition) is 3. The molecule has 3 N–H and O–H groups in total. The summed E-state index contributed by atoms with van der Waals surface area (Å²) >= 11 is 3.48. The Kier molecular flexibility index (Phi) is 9.23. The van der Waals surface area contributed by atoms with Crippen LogP contribution in [0, 0.1) is 5.92 Å². The molecule has 1 amide bonds. The summed E-state index contributed by atoms with van der Waals surface area (Å²) < 4.78 is 11.7. The molecule has 0 radical (unpaired) electrons. The standard InChI is InChI=1S/C20H31BrN2O5/c1-12(2)7-15(19(25)26)22-10-13-8-16(27-6)17(9-14(13)21)28-11-18(24)23-20(3,4)5/h8-9,12,15,22H,7,10-11H2,1-6H3,(H,23,24)(H,25,26). The number of carboxylic acid groups (broad SMARTS) is 1. The molecule has 1 aromatic rings. The van der Waals surface area contributed by atoms with Crippen molar-refractivity contribution in [2.75, 3.05) is 13.7 Å². The second-order valence-corrected chi connectivity index (χ2v) is 8.94. The minimum atomic E-state index is -0.874. The Morgan fingerprint density at radius 3 is 2.36 bits per heavy atom. The maximum atomic E-state index is 12.0. The first-order chi connectivity index (χ1) is 12.9. The molecule has 1 atom stereocenters. The van der Waals surface area contributed by atoms with Crippen LogP contribution < -0.4 is 20.1 Å². The Balaban J connectivity index is 2.84. The summed E-state index contributed by atoms with van der Waals surface area (Å²) in [4.78, 5) is 23.4. The molecular formula is C20H31BrN2O5. The van der Waals surface area contributed by atoms with Gasteiger partial charge in [0, 0.05) is 16.6 Å². The number of aliphatic carboxylic acids is 1. The van der Waals surface area contributed by atoms with Gasteiger partial charge in [0.1, 0.15) is 6.04 Å². The van der Waals surface area contributed by atoms with E-state index in [2.05, 4.69) is 26.6 Å². The molecule has 0 saturated carbocycles. The fourth-order valence-electron chi connectivity index (χ4n) is 2.56. The molecule has 0 saturated heterocycles. The summed E-state index contributed by atoms with van der Waals surface area (Å²) in [6, 6.07) is 2.86. The number of carbonyl (C=O) groups excluding carboxylic acids is 1. The predicted octanol–water partition coefficient (Wildman–Crippen LogP) is 3.34. The summed E-state index contributed by atoms with van der Waals surface area (Å²) in [5, 5.41) is 15.3. The average Bonchev–Trinajstić information content (AvgIpc) is 2.55. The molecule has 8 heteroatoms. The molecule has 0 heterocycles. The second-order valence-electron chi connectivity index (χ2n) is 8.08. The lowest BCUT2D eigenvalue weighted by atomic mass is 10.0. The van der Waals surface area contributed by atoms with Crippen LogP contribution in [0.2, 0.25) is 0 Å². The number of rotatable bonds is 10. The molecule has 0 bridgehead atoms. The molecule has 0 aliphatic rings. The van der Waals surface area contributed by atoms with E-state index in [4.69, 9.17) is 9.47 Å². The third-order valence-electron chi connectivity index (χ3n) is 3.75. The van der Waals surface area contributed by atoms with Gasteiger partial charge in [-0.15, -0.1) is 0 Å². The molecule has 1 aromatic carbocycles. The van der Waals surface area contributed by atoms with Crippen LogP contribution in [0.1, 0.15) is 46.6 Å². The quantitative estimate of drug-likeness (QED) is 0.497. The Bertz CT molecular complexity index is 686. The zero-order chi connectivity index (χ0) is 21.5. The van der Waals surface area contributed by atoms with E-state index in [-0.39, 0.29) is 24.0 Å². The molecule has 0 fully saturated rings. The van der Waals surface area contributed by atoms with Crippen molar-refractivity contribution in [1.29, 1.82) is 0 Å². The lowest BCUT2D eigenvalue weighted by Gasteiger charge is -2.21. The SMILES string of the molecule is COc1cc(CNC(CC(C)C)C(=O)O)c(Br)cc1OCC(=O)NC(C)(C)C. The van der Waals surface area contributed by atoms with E-state index in [9.17, 15) is 14.7 Å². The Morgan fingerprint density at radius 1 is 1.21 bits per heavy atom. The van der Waals surface area contributed by atoms with E-state index < -0.39 is 12.0 Å². The summed E-state index contributed by atoms with van der Waals surface area (Å²) in [6.45, 7) is 9.88. The van der Waals surface area contributed by atoms with Crippen molar-refractivity contribution in [2.45, 2.75) is 59.2 Å². The first-order valence-corrected chi connectivity index (χ1v) is 9.98. The zero-order valence-electron chi connectivity index (χ0n) is 17.4.